The Balaban J connectivity index is 2.68. The highest BCUT2D eigenvalue weighted by Gasteiger charge is 2.01. The quantitative estimate of drug-likeness (QED) is 0.621. The molecule has 0 atom stereocenters. The van der Waals surface area contributed by atoms with Gasteiger partial charge < -0.3 is 15.4 Å². The van der Waals surface area contributed by atoms with Crippen LogP contribution in [-0.2, 0) is 6.54 Å². The first-order valence-electron chi connectivity index (χ1n) is 7.22. The first-order valence-corrected chi connectivity index (χ1v) is 7.22. The average Bonchev–Trinajstić information content (AvgIpc) is 2.42. The van der Waals surface area contributed by atoms with Crippen molar-refractivity contribution in [2.45, 2.75) is 34.2 Å². The minimum absolute atomic E-state index is 0.599. The zero-order valence-electron chi connectivity index (χ0n) is 13.3. The Morgan fingerprint density at radius 3 is 2.60 bits per heavy atom. The highest BCUT2D eigenvalue weighted by atomic mass is 16.5. The van der Waals surface area contributed by atoms with E-state index in [9.17, 15) is 0 Å². The summed E-state index contributed by atoms with van der Waals surface area (Å²) < 4.78 is 5.27. The summed E-state index contributed by atoms with van der Waals surface area (Å²) in [6, 6.07) is 6.17. The number of rotatable bonds is 6. The van der Waals surface area contributed by atoms with Crippen molar-refractivity contribution in [3.63, 3.8) is 0 Å². The van der Waals surface area contributed by atoms with E-state index in [1.807, 2.05) is 13.0 Å². The van der Waals surface area contributed by atoms with E-state index in [1.54, 1.807) is 7.11 Å². The molecule has 2 N–H and O–H groups in total. The summed E-state index contributed by atoms with van der Waals surface area (Å²) in [7, 11) is 1.69. The van der Waals surface area contributed by atoms with Crippen LogP contribution in [0.2, 0.25) is 0 Å². The molecule has 1 rings (SSSR count). The molecule has 112 valence electrons. The van der Waals surface area contributed by atoms with Gasteiger partial charge in [0, 0.05) is 13.1 Å². The van der Waals surface area contributed by atoms with Crippen molar-refractivity contribution in [1.29, 1.82) is 0 Å². The molecule has 0 fully saturated rings. The average molecular weight is 277 g/mol. The number of guanidine groups is 1. The van der Waals surface area contributed by atoms with E-state index < -0.39 is 0 Å². The van der Waals surface area contributed by atoms with Gasteiger partial charge in [-0.2, -0.15) is 0 Å². The van der Waals surface area contributed by atoms with E-state index in [-0.39, 0.29) is 0 Å². The highest BCUT2D eigenvalue weighted by Crippen LogP contribution is 2.18. The summed E-state index contributed by atoms with van der Waals surface area (Å²) in [6.07, 6.45) is 0. The zero-order chi connectivity index (χ0) is 15.0. The van der Waals surface area contributed by atoms with Gasteiger partial charge >= 0.3 is 0 Å². The van der Waals surface area contributed by atoms with E-state index in [4.69, 9.17) is 4.74 Å². The molecule has 4 heteroatoms. The van der Waals surface area contributed by atoms with Crippen molar-refractivity contribution in [2.75, 3.05) is 20.2 Å². The van der Waals surface area contributed by atoms with Crippen LogP contribution in [0.1, 0.15) is 31.9 Å². The van der Waals surface area contributed by atoms with Crippen molar-refractivity contribution in [2.24, 2.45) is 10.9 Å². The lowest BCUT2D eigenvalue weighted by Crippen LogP contribution is -2.39. The normalized spacial score (nSPS) is 11.6. The van der Waals surface area contributed by atoms with Gasteiger partial charge in [-0.3, -0.25) is 0 Å². The summed E-state index contributed by atoms with van der Waals surface area (Å²) in [5, 5.41) is 6.60. The Labute approximate surface area is 122 Å². The Kier molecular flexibility index (Phi) is 6.91. The Hall–Kier alpha value is -1.71. The first-order chi connectivity index (χ1) is 9.56. The predicted octanol–water partition coefficient (Wildman–Crippen LogP) is 2.71. The van der Waals surface area contributed by atoms with Crippen LogP contribution in [0.15, 0.2) is 23.2 Å². The van der Waals surface area contributed by atoms with Gasteiger partial charge in [0.05, 0.1) is 13.7 Å². The zero-order valence-corrected chi connectivity index (χ0v) is 13.3. The molecule has 1 aromatic rings. The fraction of sp³-hybridized carbons (Fsp3) is 0.562. The molecule has 0 heterocycles. The third kappa shape index (κ3) is 5.51. The summed E-state index contributed by atoms with van der Waals surface area (Å²) >= 11 is 0. The van der Waals surface area contributed by atoms with E-state index in [0.29, 0.717) is 12.5 Å². The number of hydrogen-bond donors (Lipinski definition) is 2. The molecule has 0 unspecified atom stereocenters. The molecule has 0 aromatic heterocycles. The molecule has 0 amide bonds. The molecule has 0 saturated heterocycles. The van der Waals surface area contributed by atoms with Crippen LogP contribution in [0.5, 0.6) is 5.75 Å². The van der Waals surface area contributed by atoms with Crippen LogP contribution in [0, 0.1) is 12.8 Å². The lowest BCUT2D eigenvalue weighted by Gasteiger charge is -2.13. The van der Waals surface area contributed by atoms with Crippen LogP contribution >= 0.6 is 0 Å². The summed E-state index contributed by atoms with van der Waals surface area (Å²) in [5.74, 6) is 2.39. The maximum absolute atomic E-state index is 5.27. The molecule has 20 heavy (non-hydrogen) atoms. The Bertz CT molecular complexity index is 441. The number of nitrogens with zero attached hydrogens (tertiary/aromatic N) is 1. The van der Waals surface area contributed by atoms with Gasteiger partial charge in [-0.05, 0) is 37.0 Å². The fourth-order valence-electron chi connectivity index (χ4n) is 1.85. The minimum Gasteiger partial charge on any atom is -0.496 e. The van der Waals surface area contributed by atoms with Crippen molar-refractivity contribution in [3.8, 4) is 5.75 Å². The molecule has 0 spiro atoms. The monoisotopic (exact) mass is 277 g/mol. The van der Waals surface area contributed by atoms with Crippen LogP contribution in [-0.4, -0.2) is 26.2 Å². The van der Waals surface area contributed by atoms with E-state index in [2.05, 4.69) is 48.5 Å². The molecule has 0 aliphatic carbocycles. The smallest absolute Gasteiger partial charge is 0.191 e. The number of aryl methyl sites for hydroxylation is 1. The van der Waals surface area contributed by atoms with Crippen LogP contribution in [0.3, 0.4) is 0 Å². The van der Waals surface area contributed by atoms with Gasteiger partial charge in [0.1, 0.15) is 5.75 Å². The summed E-state index contributed by atoms with van der Waals surface area (Å²) in [4.78, 5) is 4.61. The molecule has 0 aliphatic rings. The summed E-state index contributed by atoms with van der Waals surface area (Å²) in [5.41, 5.74) is 2.32. The maximum atomic E-state index is 5.27. The van der Waals surface area contributed by atoms with Crippen LogP contribution < -0.4 is 15.4 Å². The molecule has 1 aromatic carbocycles. The van der Waals surface area contributed by atoms with Gasteiger partial charge in [0.25, 0.3) is 0 Å². The van der Waals surface area contributed by atoms with Gasteiger partial charge in [0.2, 0.25) is 0 Å². The molecular weight excluding hydrogens is 250 g/mol. The second-order valence-corrected chi connectivity index (χ2v) is 5.27. The third-order valence-corrected chi connectivity index (χ3v) is 2.90. The van der Waals surface area contributed by atoms with Crippen LogP contribution in [0.25, 0.3) is 0 Å². The van der Waals surface area contributed by atoms with Gasteiger partial charge in [-0.1, -0.05) is 26.0 Å². The maximum Gasteiger partial charge on any atom is 0.191 e. The number of hydrogen-bond acceptors (Lipinski definition) is 2. The van der Waals surface area contributed by atoms with E-state index in [1.165, 1.54) is 5.56 Å². The molecule has 0 aliphatic heterocycles. The van der Waals surface area contributed by atoms with E-state index in [0.717, 1.165) is 30.4 Å². The third-order valence-electron chi connectivity index (χ3n) is 2.90. The Morgan fingerprint density at radius 2 is 2.05 bits per heavy atom. The number of nitrogens with one attached hydrogen (secondary N) is 2. The molecular formula is C16H27N3O. The largest absolute Gasteiger partial charge is 0.496 e. The Morgan fingerprint density at radius 1 is 1.30 bits per heavy atom. The lowest BCUT2D eigenvalue weighted by atomic mass is 10.1. The van der Waals surface area contributed by atoms with Crippen molar-refractivity contribution >= 4 is 5.96 Å². The van der Waals surface area contributed by atoms with Gasteiger partial charge in [-0.15, -0.1) is 0 Å². The molecule has 0 radical (unpaired) electrons. The second-order valence-electron chi connectivity index (χ2n) is 5.27. The number of methoxy groups -OCH3 is 1. The molecule has 0 saturated carbocycles. The highest BCUT2D eigenvalue weighted by molar-refractivity contribution is 5.79. The standard InChI is InChI=1S/C16H27N3O/c1-6-17-16(18-10-12(2)3)19-11-14-7-8-15(20-5)13(4)9-14/h7-9,12H,6,10-11H2,1-5H3,(H2,17,18,19). The van der Waals surface area contributed by atoms with Gasteiger partial charge in [0.15, 0.2) is 5.96 Å². The summed E-state index contributed by atoms with van der Waals surface area (Å²) in [6.45, 7) is 10.9. The predicted molar refractivity (Wildman–Crippen MR) is 85.4 cm³/mol. The van der Waals surface area contributed by atoms with Crippen LogP contribution in [0.4, 0.5) is 0 Å². The van der Waals surface area contributed by atoms with Crippen molar-refractivity contribution < 1.29 is 4.74 Å². The van der Waals surface area contributed by atoms with Crippen molar-refractivity contribution in [3.05, 3.63) is 29.3 Å². The number of benzene rings is 1. The molecule has 4 nitrogen and oxygen atoms in total. The lowest BCUT2D eigenvalue weighted by molar-refractivity contribution is 0.411. The SMILES string of the molecule is CCNC(=NCc1ccc(OC)c(C)c1)NCC(C)C. The van der Waals surface area contributed by atoms with E-state index >= 15 is 0 Å². The minimum atomic E-state index is 0.599. The molecule has 0 bridgehead atoms. The first kappa shape index (κ1) is 16.3. The number of ether oxygens (including phenoxy) is 1. The fourth-order valence-corrected chi connectivity index (χ4v) is 1.85. The number of aliphatic imine (C=N–C) groups is 1. The van der Waals surface area contributed by atoms with Crippen molar-refractivity contribution in [1.82, 2.24) is 10.6 Å². The second kappa shape index (κ2) is 8.46. The topological polar surface area (TPSA) is 45.7 Å². The van der Waals surface area contributed by atoms with Gasteiger partial charge in [-0.25, -0.2) is 4.99 Å².